The normalized spacial score (nSPS) is 13.4. The van der Waals surface area contributed by atoms with E-state index in [2.05, 4.69) is 45.8 Å². The summed E-state index contributed by atoms with van der Waals surface area (Å²) in [5.74, 6) is 1.92. The number of para-hydroxylation sites is 1. The molecule has 18 heteroatoms. The zero-order valence-corrected chi connectivity index (χ0v) is 37.5. The Hall–Kier alpha value is -5.92. The van der Waals surface area contributed by atoms with Crippen LogP contribution in [-0.2, 0) is 39.5 Å². The number of nitrogens with zero attached hydrogens (tertiary/aromatic N) is 4. The minimum absolute atomic E-state index is 0.0589. The molecule has 0 saturated carbocycles. The zero-order chi connectivity index (χ0) is 43.5. The molecule has 5 aromatic carbocycles. The number of hydrazone groups is 1. The van der Waals surface area contributed by atoms with Gasteiger partial charge < -0.3 is 24.9 Å². The van der Waals surface area contributed by atoms with Crippen LogP contribution in [0.1, 0.15) is 22.3 Å². The van der Waals surface area contributed by atoms with E-state index in [1.807, 2.05) is 30.3 Å². The first-order valence-corrected chi connectivity index (χ1v) is 26.3. The summed E-state index contributed by atoms with van der Waals surface area (Å²) < 4.78 is 79.4. The van der Waals surface area contributed by atoms with E-state index in [0.29, 0.717) is 56.6 Å². The van der Waals surface area contributed by atoms with E-state index >= 15 is 8.42 Å². The Labute approximate surface area is 357 Å². The number of hydrazine groups is 2. The van der Waals surface area contributed by atoms with Crippen LogP contribution in [0.15, 0.2) is 118 Å². The molecule has 5 N–H and O–H groups in total. The third-order valence-corrected chi connectivity index (χ3v) is 16.2. The van der Waals surface area contributed by atoms with Gasteiger partial charge in [0.05, 0.1) is 49.6 Å². The fourth-order valence-corrected chi connectivity index (χ4v) is 13.8. The number of H-pyrrole nitrogens is 1. The van der Waals surface area contributed by atoms with E-state index in [0.717, 1.165) is 5.56 Å². The lowest BCUT2D eigenvalue weighted by Crippen LogP contribution is -2.42. The number of sulfonamides is 1. The lowest BCUT2D eigenvalue weighted by Gasteiger charge is -2.28. The van der Waals surface area contributed by atoms with Gasteiger partial charge >= 0.3 is 0 Å². The van der Waals surface area contributed by atoms with Gasteiger partial charge in [-0.25, -0.2) is 27.4 Å². The largest absolute Gasteiger partial charge is 0.497 e. The van der Waals surface area contributed by atoms with Crippen molar-refractivity contribution in [1.29, 1.82) is 0 Å². The zero-order valence-electron chi connectivity index (χ0n) is 34.9. The van der Waals surface area contributed by atoms with Crippen molar-refractivity contribution in [2.24, 2.45) is 5.10 Å². The summed E-state index contributed by atoms with van der Waals surface area (Å²) in [6, 6.07) is 30.4. The number of sulfone groups is 1. The number of methoxy groups -OCH3 is 3. The smallest absolute Gasteiger partial charge is 0.245 e. The lowest BCUT2D eigenvalue weighted by molar-refractivity contribution is 0.287. The Kier molecular flexibility index (Phi) is 12.4. The second-order valence-electron chi connectivity index (χ2n) is 15.8. The number of amidine groups is 1. The molecule has 0 bridgehead atoms. The van der Waals surface area contributed by atoms with Crippen LogP contribution in [0.2, 0.25) is 25.7 Å². The van der Waals surface area contributed by atoms with Crippen molar-refractivity contribution in [1.82, 2.24) is 30.4 Å². The quantitative estimate of drug-likeness (QED) is 0.0726. The Morgan fingerprint density at radius 1 is 0.721 bits per heavy atom. The molecule has 1 aliphatic heterocycles. The van der Waals surface area contributed by atoms with Crippen LogP contribution in [0.25, 0.3) is 22.2 Å². The summed E-state index contributed by atoms with van der Waals surface area (Å²) in [5, 5.41) is 6.29. The molecule has 320 valence electrons. The number of fused-ring (bicyclic) bond motifs is 1. The van der Waals surface area contributed by atoms with Gasteiger partial charge in [0.25, 0.3) is 0 Å². The molecule has 1 aliphatic rings. The summed E-state index contributed by atoms with van der Waals surface area (Å²) in [4.78, 5) is 6.91. The third kappa shape index (κ3) is 9.53. The number of benzene rings is 5. The molecule has 2 heterocycles. The van der Waals surface area contributed by atoms with Gasteiger partial charge in [0.1, 0.15) is 22.1 Å². The summed E-state index contributed by atoms with van der Waals surface area (Å²) >= 11 is 0. The predicted molar refractivity (Wildman–Crippen MR) is 240 cm³/mol. The highest BCUT2D eigenvalue weighted by Gasteiger charge is 2.40. The van der Waals surface area contributed by atoms with Crippen molar-refractivity contribution < 1.29 is 31.0 Å². The molecule has 15 nitrogen and oxygen atoms in total. The van der Waals surface area contributed by atoms with Crippen LogP contribution >= 0.6 is 0 Å². The van der Waals surface area contributed by atoms with Crippen molar-refractivity contribution in [3.63, 3.8) is 0 Å². The van der Waals surface area contributed by atoms with Crippen LogP contribution < -0.4 is 31.0 Å². The molecular weight excluding hydrogens is 833 g/mol. The lowest BCUT2D eigenvalue weighted by atomic mass is 9.97. The number of aromatic amines is 1. The van der Waals surface area contributed by atoms with Crippen LogP contribution in [0, 0.1) is 0 Å². The molecule has 0 saturated heterocycles. The molecule has 0 aliphatic carbocycles. The number of rotatable bonds is 17. The number of aromatic nitrogens is 2. The summed E-state index contributed by atoms with van der Waals surface area (Å²) in [6.45, 7) is 6.22. The standard InChI is InChI=1S/C43H50N8O7S2Si/c1-56-32-16-10-29(11-17-32)26-50(27-30-12-18-33(57-2)19-13-30)60(54,55)41-38(59(52,53)24-25-61(4,5)6)23-22-35(36-8-7-9-37-40(36)46-43(44)45-37)39(41)42-47-48-49-51(42)28-31-14-20-34(58-3)21-15-31/h7-23,48-49H,24-28H2,1-6H3,(H3,44,45,46). The summed E-state index contributed by atoms with van der Waals surface area (Å²) in [5.41, 5.74) is 16.2. The number of anilines is 1. The molecule has 1 aromatic heterocycles. The molecule has 0 radical (unpaired) electrons. The number of imidazole rings is 1. The molecule has 0 amide bonds. The molecule has 6 aromatic rings. The monoisotopic (exact) mass is 882 g/mol. The predicted octanol–water partition coefficient (Wildman–Crippen LogP) is 6.53. The molecule has 0 atom stereocenters. The van der Waals surface area contributed by atoms with Gasteiger partial charge in [-0.3, -0.25) is 5.01 Å². The van der Waals surface area contributed by atoms with Crippen molar-refractivity contribution >= 4 is 50.8 Å². The Morgan fingerprint density at radius 3 is 1.82 bits per heavy atom. The molecule has 0 fully saturated rings. The average molecular weight is 883 g/mol. The van der Waals surface area contributed by atoms with E-state index < -0.39 is 32.8 Å². The first-order valence-electron chi connectivity index (χ1n) is 19.5. The SMILES string of the molecule is COc1ccc(CN2NNN=C2c2c(-c3cccc4[nH]c(N)nc34)ccc(S(=O)(=O)CC[Si](C)(C)C)c2S(=O)(=O)N(Cc2ccc(OC)cc2)Cc2ccc(OC)cc2)cc1. The van der Waals surface area contributed by atoms with Crippen LogP contribution in [0.5, 0.6) is 17.2 Å². The van der Waals surface area contributed by atoms with Gasteiger partial charge in [-0.15, -0.1) is 10.6 Å². The number of nitrogens with one attached hydrogen (secondary N) is 3. The first-order chi connectivity index (χ1) is 29.1. The highest BCUT2D eigenvalue weighted by molar-refractivity contribution is 7.93. The highest BCUT2D eigenvalue weighted by Crippen LogP contribution is 2.41. The number of ether oxygens (including phenoxy) is 3. The second-order valence-corrected chi connectivity index (χ2v) is 25.4. The average Bonchev–Trinajstić information content (AvgIpc) is 3.88. The van der Waals surface area contributed by atoms with E-state index in [1.165, 1.54) is 10.4 Å². The molecule has 0 unspecified atom stereocenters. The van der Waals surface area contributed by atoms with E-state index in [1.54, 1.807) is 93.1 Å². The number of hydrogen-bond acceptors (Lipinski definition) is 13. The van der Waals surface area contributed by atoms with E-state index in [-0.39, 0.29) is 47.6 Å². The Balaban J connectivity index is 1.52. The third-order valence-electron chi connectivity index (χ3n) is 10.4. The summed E-state index contributed by atoms with van der Waals surface area (Å²) in [7, 11) is -6.28. The van der Waals surface area contributed by atoms with Crippen molar-refractivity contribution in [3.8, 4) is 28.4 Å². The molecule has 7 rings (SSSR count). The minimum atomic E-state index is -4.78. The topological polar surface area (TPSA) is 194 Å². The summed E-state index contributed by atoms with van der Waals surface area (Å²) in [6.07, 6.45) is 0. The van der Waals surface area contributed by atoms with Gasteiger partial charge in [-0.05, 0) is 76.8 Å². The minimum Gasteiger partial charge on any atom is -0.497 e. The van der Waals surface area contributed by atoms with Crippen molar-refractivity contribution in [2.75, 3.05) is 32.8 Å². The van der Waals surface area contributed by atoms with E-state index in [4.69, 9.17) is 19.9 Å². The first kappa shape index (κ1) is 43.2. The van der Waals surface area contributed by atoms with Gasteiger partial charge in [-0.2, -0.15) is 4.31 Å². The number of nitrogen functional groups attached to an aromatic ring is 1. The van der Waals surface area contributed by atoms with Crippen LogP contribution in [-0.4, -0.2) is 77.1 Å². The van der Waals surface area contributed by atoms with Crippen LogP contribution in [0.3, 0.4) is 0 Å². The Morgan fingerprint density at radius 2 is 1.28 bits per heavy atom. The van der Waals surface area contributed by atoms with Gasteiger partial charge in [0.2, 0.25) is 10.0 Å². The fraction of sp³-hybridized carbons (Fsp3) is 0.256. The van der Waals surface area contributed by atoms with Gasteiger partial charge in [0.15, 0.2) is 21.6 Å². The van der Waals surface area contributed by atoms with Crippen molar-refractivity contribution in [3.05, 3.63) is 125 Å². The maximum Gasteiger partial charge on any atom is 0.245 e. The molecule has 0 spiro atoms. The maximum atomic E-state index is 16.1. The van der Waals surface area contributed by atoms with E-state index in [9.17, 15) is 8.42 Å². The van der Waals surface area contributed by atoms with Gasteiger partial charge in [-0.1, -0.05) is 74.2 Å². The fourth-order valence-electron chi connectivity index (χ4n) is 7.02. The highest BCUT2D eigenvalue weighted by atomic mass is 32.2. The number of nitrogens with two attached hydrogens (primary N) is 1. The molecular formula is C43H50N8O7S2Si. The Bertz CT molecular complexity index is 2730. The van der Waals surface area contributed by atoms with Gasteiger partial charge in [0, 0.05) is 32.3 Å². The molecule has 61 heavy (non-hydrogen) atoms. The number of hydrogen-bond donors (Lipinski definition) is 4. The van der Waals surface area contributed by atoms with Crippen molar-refractivity contribution in [2.45, 2.75) is 55.1 Å². The maximum absolute atomic E-state index is 16.1. The second kappa shape index (κ2) is 17.6. The van der Waals surface area contributed by atoms with Crippen LogP contribution in [0.4, 0.5) is 5.95 Å².